The van der Waals surface area contributed by atoms with E-state index in [1.54, 1.807) is 6.07 Å². The molecule has 1 rings (SSSR count). The fourth-order valence-electron chi connectivity index (χ4n) is 2.19. The van der Waals surface area contributed by atoms with Gasteiger partial charge < -0.3 is 5.32 Å². The zero-order valence-electron chi connectivity index (χ0n) is 12.1. The standard InChI is InChI=1S/C16H24F3N/c1-2-3-4-5-6-7-10-13-20-15-12-9-8-11-14(15)16(17,18)19/h8-9,11-12,20H,2-7,10,13H2,1H3. The highest BCUT2D eigenvalue weighted by atomic mass is 19.4. The normalized spacial score (nSPS) is 11.6. The molecule has 1 aromatic rings. The fraction of sp³-hybridized carbons (Fsp3) is 0.625. The summed E-state index contributed by atoms with van der Waals surface area (Å²) in [6.45, 7) is 2.78. The molecule has 0 aliphatic rings. The zero-order chi connectivity index (χ0) is 14.8. The molecule has 114 valence electrons. The second-order valence-corrected chi connectivity index (χ2v) is 5.09. The highest BCUT2D eigenvalue weighted by Gasteiger charge is 2.32. The van der Waals surface area contributed by atoms with Crippen LogP contribution in [0.4, 0.5) is 18.9 Å². The van der Waals surface area contributed by atoms with Gasteiger partial charge in [-0.3, -0.25) is 0 Å². The summed E-state index contributed by atoms with van der Waals surface area (Å²) in [6, 6.07) is 5.65. The number of alkyl halides is 3. The zero-order valence-corrected chi connectivity index (χ0v) is 12.1. The molecule has 0 aromatic heterocycles. The number of benzene rings is 1. The number of para-hydroxylation sites is 1. The smallest absolute Gasteiger partial charge is 0.385 e. The average molecular weight is 287 g/mol. The van der Waals surface area contributed by atoms with E-state index in [4.69, 9.17) is 0 Å². The number of anilines is 1. The molecule has 0 saturated heterocycles. The molecule has 0 radical (unpaired) electrons. The predicted octanol–water partition coefficient (Wildman–Crippen LogP) is 5.87. The summed E-state index contributed by atoms with van der Waals surface area (Å²) in [5.74, 6) is 0. The number of rotatable bonds is 9. The van der Waals surface area contributed by atoms with Crippen LogP contribution in [0.5, 0.6) is 0 Å². The summed E-state index contributed by atoms with van der Waals surface area (Å²) in [5.41, 5.74) is -0.395. The van der Waals surface area contributed by atoms with Crippen LogP contribution in [0.15, 0.2) is 24.3 Å². The van der Waals surface area contributed by atoms with Crippen LogP contribution in [0, 0.1) is 0 Å². The van der Waals surface area contributed by atoms with Crippen molar-refractivity contribution in [1.29, 1.82) is 0 Å². The number of hydrogen-bond donors (Lipinski definition) is 1. The van der Waals surface area contributed by atoms with Crippen molar-refractivity contribution >= 4 is 5.69 Å². The lowest BCUT2D eigenvalue weighted by molar-refractivity contribution is -0.136. The molecule has 1 nitrogen and oxygen atoms in total. The molecule has 0 aliphatic carbocycles. The Bertz CT molecular complexity index is 374. The van der Waals surface area contributed by atoms with Gasteiger partial charge in [-0.25, -0.2) is 0 Å². The lowest BCUT2D eigenvalue weighted by atomic mass is 10.1. The van der Waals surface area contributed by atoms with Crippen LogP contribution >= 0.6 is 0 Å². The lowest BCUT2D eigenvalue weighted by Crippen LogP contribution is -2.11. The number of halogens is 3. The van der Waals surface area contributed by atoms with E-state index in [-0.39, 0.29) is 5.69 Å². The molecule has 0 unspecified atom stereocenters. The minimum Gasteiger partial charge on any atom is -0.385 e. The van der Waals surface area contributed by atoms with E-state index in [0.717, 1.165) is 18.9 Å². The van der Waals surface area contributed by atoms with Gasteiger partial charge >= 0.3 is 6.18 Å². The van der Waals surface area contributed by atoms with Gasteiger partial charge in [0.2, 0.25) is 0 Å². The van der Waals surface area contributed by atoms with Crippen LogP contribution in [0.25, 0.3) is 0 Å². The molecule has 0 amide bonds. The largest absolute Gasteiger partial charge is 0.418 e. The third-order valence-electron chi connectivity index (χ3n) is 3.33. The Morgan fingerprint density at radius 3 is 2.15 bits per heavy atom. The first-order chi connectivity index (χ1) is 9.55. The van der Waals surface area contributed by atoms with Gasteiger partial charge in [-0.2, -0.15) is 13.2 Å². The highest BCUT2D eigenvalue weighted by molar-refractivity contribution is 5.52. The molecule has 1 aromatic carbocycles. The molecule has 0 bridgehead atoms. The molecular weight excluding hydrogens is 263 g/mol. The number of nitrogens with one attached hydrogen (secondary N) is 1. The van der Waals surface area contributed by atoms with Gasteiger partial charge in [-0.05, 0) is 18.6 Å². The number of unbranched alkanes of at least 4 members (excludes halogenated alkanes) is 6. The van der Waals surface area contributed by atoms with E-state index in [0.29, 0.717) is 6.54 Å². The molecule has 0 fully saturated rings. The van der Waals surface area contributed by atoms with Gasteiger partial charge in [0.15, 0.2) is 0 Å². The van der Waals surface area contributed by atoms with Gasteiger partial charge in [0.1, 0.15) is 0 Å². The third-order valence-corrected chi connectivity index (χ3v) is 3.33. The molecular formula is C16H24F3N. The van der Waals surface area contributed by atoms with Gasteiger partial charge in [-0.15, -0.1) is 0 Å². The van der Waals surface area contributed by atoms with Gasteiger partial charge in [-0.1, -0.05) is 57.6 Å². The van der Waals surface area contributed by atoms with Crippen LogP contribution in [0.3, 0.4) is 0 Å². The molecule has 1 N–H and O–H groups in total. The van der Waals surface area contributed by atoms with E-state index < -0.39 is 11.7 Å². The quantitative estimate of drug-likeness (QED) is 0.560. The van der Waals surface area contributed by atoms with E-state index in [9.17, 15) is 13.2 Å². The monoisotopic (exact) mass is 287 g/mol. The van der Waals surface area contributed by atoms with E-state index in [1.165, 1.54) is 44.2 Å². The van der Waals surface area contributed by atoms with E-state index in [2.05, 4.69) is 12.2 Å². The van der Waals surface area contributed by atoms with Crippen LogP contribution in [-0.4, -0.2) is 6.54 Å². The maximum absolute atomic E-state index is 12.8. The molecule has 0 heterocycles. The van der Waals surface area contributed by atoms with Crippen LogP contribution in [0.1, 0.15) is 57.4 Å². The highest BCUT2D eigenvalue weighted by Crippen LogP contribution is 2.34. The van der Waals surface area contributed by atoms with Crippen molar-refractivity contribution in [2.24, 2.45) is 0 Å². The van der Waals surface area contributed by atoms with Crippen LogP contribution < -0.4 is 5.32 Å². The minimum atomic E-state index is -4.29. The summed E-state index contributed by atoms with van der Waals surface area (Å²) >= 11 is 0. The molecule has 0 spiro atoms. The molecule has 0 saturated carbocycles. The predicted molar refractivity (Wildman–Crippen MR) is 77.9 cm³/mol. The van der Waals surface area contributed by atoms with Gasteiger partial charge in [0.05, 0.1) is 5.56 Å². The van der Waals surface area contributed by atoms with Crippen molar-refractivity contribution in [1.82, 2.24) is 0 Å². The Labute approximate surface area is 119 Å². The second-order valence-electron chi connectivity index (χ2n) is 5.09. The lowest BCUT2D eigenvalue weighted by Gasteiger charge is -2.14. The van der Waals surface area contributed by atoms with Crippen molar-refractivity contribution < 1.29 is 13.2 Å². The van der Waals surface area contributed by atoms with Gasteiger partial charge in [0.25, 0.3) is 0 Å². The second kappa shape index (κ2) is 8.88. The summed E-state index contributed by atoms with van der Waals surface area (Å²) < 4.78 is 38.3. The molecule has 20 heavy (non-hydrogen) atoms. The maximum Gasteiger partial charge on any atom is 0.418 e. The Kier molecular flexibility index (Phi) is 7.48. The van der Waals surface area contributed by atoms with Gasteiger partial charge in [0, 0.05) is 12.2 Å². The minimum absolute atomic E-state index is 0.186. The first kappa shape index (κ1) is 16.9. The summed E-state index contributed by atoms with van der Waals surface area (Å²) in [6.07, 6.45) is 3.87. The van der Waals surface area contributed by atoms with Crippen molar-refractivity contribution in [2.45, 2.75) is 58.0 Å². The summed E-state index contributed by atoms with van der Waals surface area (Å²) in [7, 11) is 0. The number of hydrogen-bond acceptors (Lipinski definition) is 1. The summed E-state index contributed by atoms with van der Waals surface area (Å²) in [4.78, 5) is 0. The molecule has 0 aliphatic heterocycles. The van der Waals surface area contributed by atoms with Crippen molar-refractivity contribution in [3.8, 4) is 0 Å². The van der Waals surface area contributed by atoms with E-state index in [1.807, 2.05) is 0 Å². The fourth-order valence-corrected chi connectivity index (χ4v) is 2.19. The SMILES string of the molecule is CCCCCCCCCNc1ccccc1C(F)(F)F. The first-order valence-corrected chi connectivity index (χ1v) is 7.45. The summed E-state index contributed by atoms with van der Waals surface area (Å²) in [5, 5.41) is 2.90. The van der Waals surface area contributed by atoms with E-state index >= 15 is 0 Å². The molecule has 4 heteroatoms. The Hall–Kier alpha value is -1.19. The Morgan fingerprint density at radius 2 is 1.50 bits per heavy atom. The van der Waals surface area contributed by atoms with Crippen LogP contribution in [-0.2, 0) is 6.18 Å². The van der Waals surface area contributed by atoms with Crippen LogP contribution in [0.2, 0.25) is 0 Å². The average Bonchev–Trinajstić information content (AvgIpc) is 2.41. The third kappa shape index (κ3) is 6.31. The first-order valence-electron chi connectivity index (χ1n) is 7.45. The molecule has 0 atom stereocenters. The Balaban J connectivity index is 2.26. The Morgan fingerprint density at radius 1 is 0.900 bits per heavy atom. The maximum atomic E-state index is 12.8. The van der Waals surface area contributed by atoms with Crippen molar-refractivity contribution in [2.75, 3.05) is 11.9 Å². The van der Waals surface area contributed by atoms with Crippen molar-refractivity contribution in [3.63, 3.8) is 0 Å². The van der Waals surface area contributed by atoms with Crippen molar-refractivity contribution in [3.05, 3.63) is 29.8 Å². The topological polar surface area (TPSA) is 12.0 Å².